The molecular weight excluding hydrogens is 328 g/mol. The monoisotopic (exact) mass is 356 g/mol. The van der Waals surface area contributed by atoms with E-state index < -0.39 is 0 Å². The average Bonchev–Trinajstić information content (AvgIpc) is 2.62. The first-order chi connectivity index (χ1) is 12.6. The molecule has 0 bridgehead atoms. The minimum absolute atomic E-state index is 0.0820. The van der Waals surface area contributed by atoms with Gasteiger partial charge in [0.05, 0.1) is 13.2 Å². The van der Waals surface area contributed by atoms with Crippen LogP contribution in [0.15, 0.2) is 36.4 Å². The van der Waals surface area contributed by atoms with Gasteiger partial charge in [-0.3, -0.25) is 9.59 Å². The number of hydrogen-bond acceptors (Lipinski definition) is 4. The van der Waals surface area contributed by atoms with E-state index in [-0.39, 0.29) is 11.8 Å². The molecule has 4 heteroatoms. The van der Waals surface area contributed by atoms with Gasteiger partial charge in [0.25, 0.3) is 0 Å². The number of ether oxygens (including phenoxy) is 2. The molecule has 0 aliphatic heterocycles. The van der Waals surface area contributed by atoms with Crippen LogP contribution in [0.1, 0.15) is 62.7 Å². The number of hydrogen-bond donors (Lipinski definition) is 0. The molecule has 0 spiro atoms. The first-order valence-electron chi connectivity index (χ1n) is 9.37. The molecule has 26 heavy (non-hydrogen) atoms. The summed E-state index contributed by atoms with van der Waals surface area (Å²) < 4.78 is 10.7. The summed E-state index contributed by atoms with van der Waals surface area (Å²) in [6.45, 7) is 4.27. The number of rotatable bonds is 11. The Bertz CT molecular complexity index is 736. The van der Waals surface area contributed by atoms with Gasteiger partial charge >= 0.3 is 5.97 Å². The smallest absolute Gasteiger partial charge is 0.302 e. The van der Waals surface area contributed by atoms with E-state index in [1.54, 1.807) is 6.92 Å². The molecule has 0 fully saturated rings. The molecule has 0 saturated carbocycles. The van der Waals surface area contributed by atoms with Gasteiger partial charge in [-0.15, -0.1) is 0 Å². The highest BCUT2D eigenvalue weighted by atomic mass is 16.5. The molecule has 0 amide bonds. The lowest BCUT2D eigenvalue weighted by Crippen LogP contribution is -2.00. The van der Waals surface area contributed by atoms with Crippen LogP contribution in [0.5, 0.6) is 5.75 Å². The lowest BCUT2D eigenvalue weighted by Gasteiger charge is -2.08. The number of Topliss-reactive ketones (excluding diaryl/α,β-unsaturated/α-hetero) is 1. The number of unbranched alkanes of at least 4 members (excludes halogenated alkanes) is 5. The first-order valence-corrected chi connectivity index (χ1v) is 9.37. The maximum absolute atomic E-state index is 11.4. The van der Waals surface area contributed by atoms with Crippen LogP contribution >= 0.6 is 0 Å². The molecule has 0 atom stereocenters. The highest BCUT2D eigenvalue weighted by Gasteiger charge is 2.02. The third-order valence-corrected chi connectivity index (χ3v) is 4.33. The van der Waals surface area contributed by atoms with E-state index in [4.69, 9.17) is 9.47 Å². The molecule has 0 aliphatic carbocycles. The zero-order valence-corrected chi connectivity index (χ0v) is 15.8. The van der Waals surface area contributed by atoms with Crippen LogP contribution in [0.25, 0.3) is 10.8 Å². The molecule has 140 valence electrons. The van der Waals surface area contributed by atoms with Gasteiger partial charge in [-0.05, 0) is 48.7 Å². The Morgan fingerprint density at radius 1 is 0.769 bits per heavy atom. The Kier molecular flexibility index (Phi) is 8.13. The Hall–Kier alpha value is -2.36. The van der Waals surface area contributed by atoms with Crippen molar-refractivity contribution in [1.29, 1.82) is 0 Å². The Balaban J connectivity index is 1.63. The molecule has 2 aromatic carbocycles. The predicted octanol–water partition coefficient (Wildman–Crippen LogP) is 5.32. The van der Waals surface area contributed by atoms with Crippen molar-refractivity contribution < 1.29 is 19.1 Å². The van der Waals surface area contributed by atoms with Gasteiger partial charge in [0.15, 0.2) is 5.78 Å². The van der Waals surface area contributed by atoms with Crippen molar-refractivity contribution in [3.05, 3.63) is 42.0 Å². The summed E-state index contributed by atoms with van der Waals surface area (Å²) in [4.78, 5) is 22.1. The van der Waals surface area contributed by atoms with Gasteiger partial charge in [-0.1, -0.05) is 43.9 Å². The Morgan fingerprint density at radius 2 is 1.38 bits per heavy atom. The zero-order chi connectivity index (χ0) is 18.8. The van der Waals surface area contributed by atoms with E-state index in [0.29, 0.717) is 13.2 Å². The van der Waals surface area contributed by atoms with Gasteiger partial charge in [-0.25, -0.2) is 0 Å². The van der Waals surface area contributed by atoms with Crippen LogP contribution in [0, 0.1) is 0 Å². The number of fused-ring (bicyclic) bond motifs is 1. The van der Waals surface area contributed by atoms with E-state index >= 15 is 0 Å². The molecule has 0 N–H and O–H groups in total. The molecule has 0 heterocycles. The van der Waals surface area contributed by atoms with Crippen LogP contribution < -0.4 is 4.74 Å². The topological polar surface area (TPSA) is 52.6 Å². The number of esters is 1. The van der Waals surface area contributed by atoms with Crippen molar-refractivity contribution in [3.8, 4) is 5.75 Å². The molecule has 0 aliphatic rings. The summed E-state index contributed by atoms with van der Waals surface area (Å²) in [5, 5.41) is 2.14. The Morgan fingerprint density at radius 3 is 2.08 bits per heavy atom. The molecule has 0 saturated heterocycles. The predicted molar refractivity (Wildman–Crippen MR) is 104 cm³/mol. The SMILES string of the molecule is CC(=O)OCCCCCCCCOc1ccc2cc(C(C)=O)ccc2c1. The number of carbonyl (C=O) groups is 2. The van der Waals surface area contributed by atoms with E-state index in [1.807, 2.05) is 36.4 Å². The molecular formula is C22H28O4. The second-order valence-electron chi connectivity index (χ2n) is 6.59. The normalized spacial score (nSPS) is 10.7. The number of benzene rings is 2. The van der Waals surface area contributed by atoms with Crippen molar-refractivity contribution >= 4 is 22.5 Å². The van der Waals surface area contributed by atoms with Gasteiger partial charge in [0, 0.05) is 12.5 Å². The summed E-state index contributed by atoms with van der Waals surface area (Å²) in [5.74, 6) is 0.753. The summed E-state index contributed by atoms with van der Waals surface area (Å²) in [7, 11) is 0. The third-order valence-electron chi connectivity index (χ3n) is 4.33. The van der Waals surface area contributed by atoms with Crippen LogP contribution in [0.2, 0.25) is 0 Å². The summed E-state index contributed by atoms with van der Waals surface area (Å²) >= 11 is 0. The van der Waals surface area contributed by atoms with Gasteiger partial charge in [0.2, 0.25) is 0 Å². The fraction of sp³-hybridized carbons (Fsp3) is 0.455. The van der Waals surface area contributed by atoms with Gasteiger partial charge in [-0.2, -0.15) is 0 Å². The minimum atomic E-state index is -0.199. The van der Waals surface area contributed by atoms with Gasteiger partial charge in [0.1, 0.15) is 5.75 Å². The number of carbonyl (C=O) groups excluding carboxylic acids is 2. The van der Waals surface area contributed by atoms with E-state index in [2.05, 4.69) is 0 Å². The largest absolute Gasteiger partial charge is 0.494 e. The fourth-order valence-corrected chi connectivity index (χ4v) is 2.85. The van der Waals surface area contributed by atoms with Crippen molar-refractivity contribution in [1.82, 2.24) is 0 Å². The van der Waals surface area contributed by atoms with Crippen LogP contribution in [0.4, 0.5) is 0 Å². The lowest BCUT2D eigenvalue weighted by atomic mass is 10.0. The van der Waals surface area contributed by atoms with Crippen LogP contribution in [0.3, 0.4) is 0 Å². The first kappa shape index (κ1) is 20.0. The Labute approximate surface area is 155 Å². The molecule has 4 nitrogen and oxygen atoms in total. The summed E-state index contributed by atoms with van der Waals surface area (Å²) in [6, 6.07) is 11.7. The van der Waals surface area contributed by atoms with Crippen molar-refractivity contribution in [2.45, 2.75) is 52.4 Å². The van der Waals surface area contributed by atoms with Crippen LogP contribution in [-0.2, 0) is 9.53 Å². The maximum atomic E-state index is 11.4. The lowest BCUT2D eigenvalue weighted by molar-refractivity contribution is -0.141. The molecule has 0 radical (unpaired) electrons. The van der Waals surface area contributed by atoms with Crippen molar-refractivity contribution in [3.63, 3.8) is 0 Å². The molecule has 2 aromatic rings. The highest BCUT2D eigenvalue weighted by Crippen LogP contribution is 2.22. The number of ketones is 1. The molecule has 0 aromatic heterocycles. The van der Waals surface area contributed by atoms with Crippen LogP contribution in [-0.4, -0.2) is 25.0 Å². The van der Waals surface area contributed by atoms with E-state index in [0.717, 1.165) is 54.2 Å². The molecule has 0 unspecified atom stereocenters. The van der Waals surface area contributed by atoms with Gasteiger partial charge < -0.3 is 9.47 Å². The van der Waals surface area contributed by atoms with Crippen molar-refractivity contribution in [2.75, 3.05) is 13.2 Å². The van der Waals surface area contributed by atoms with E-state index in [9.17, 15) is 9.59 Å². The summed E-state index contributed by atoms with van der Waals surface area (Å²) in [6.07, 6.45) is 6.55. The van der Waals surface area contributed by atoms with Crippen molar-refractivity contribution in [2.24, 2.45) is 0 Å². The minimum Gasteiger partial charge on any atom is -0.494 e. The highest BCUT2D eigenvalue weighted by molar-refractivity contribution is 5.98. The summed E-state index contributed by atoms with van der Waals surface area (Å²) in [5.41, 5.74) is 0.735. The second-order valence-corrected chi connectivity index (χ2v) is 6.59. The standard InChI is InChI=1S/C22H28O4/c1-17(23)19-9-10-21-16-22(12-11-20(21)15-19)26-14-8-6-4-3-5-7-13-25-18(2)24/h9-12,15-16H,3-8,13-14H2,1-2H3. The zero-order valence-electron chi connectivity index (χ0n) is 15.8. The maximum Gasteiger partial charge on any atom is 0.302 e. The fourth-order valence-electron chi connectivity index (χ4n) is 2.85. The molecule has 2 rings (SSSR count). The average molecular weight is 356 g/mol. The quantitative estimate of drug-likeness (QED) is 0.310. The third kappa shape index (κ3) is 6.87. The second kappa shape index (κ2) is 10.6. The van der Waals surface area contributed by atoms with E-state index in [1.165, 1.54) is 13.3 Å².